The summed E-state index contributed by atoms with van der Waals surface area (Å²) in [6.45, 7) is 1.55. The summed E-state index contributed by atoms with van der Waals surface area (Å²) in [6.07, 6.45) is 1.02. The van der Waals surface area contributed by atoms with Gasteiger partial charge in [-0.05, 0) is 34.5 Å². The van der Waals surface area contributed by atoms with Crippen molar-refractivity contribution in [1.82, 2.24) is 0 Å². The topological polar surface area (TPSA) is 67.6 Å². The number of fused-ring (bicyclic) bond motifs is 1. The molecule has 3 N–H and O–H groups in total. The van der Waals surface area contributed by atoms with Gasteiger partial charge in [-0.25, -0.2) is 0 Å². The largest absolute Gasteiger partial charge is 0.379 e. The van der Waals surface area contributed by atoms with Crippen LogP contribution in [0.25, 0.3) is 0 Å². The summed E-state index contributed by atoms with van der Waals surface area (Å²) in [5, 5.41) is 2.82. The summed E-state index contributed by atoms with van der Waals surface area (Å²) >= 11 is 3.57. The normalized spacial score (nSPS) is 25.3. The molecule has 6 heteroatoms. The number of rotatable bonds is 2. The fourth-order valence-electron chi connectivity index (χ4n) is 2.59. The van der Waals surface area contributed by atoms with E-state index in [0.29, 0.717) is 6.04 Å². The highest BCUT2D eigenvalue weighted by molar-refractivity contribution is 9.10. The SMILES string of the molecule is CN(c1cc2c(cc1Br)C(N)C(=O)N2)C1CCOC1. The summed E-state index contributed by atoms with van der Waals surface area (Å²) < 4.78 is 6.37. The van der Waals surface area contributed by atoms with Gasteiger partial charge in [0.25, 0.3) is 0 Å². The van der Waals surface area contributed by atoms with E-state index in [9.17, 15) is 4.79 Å². The Hall–Kier alpha value is -1.11. The lowest BCUT2D eigenvalue weighted by molar-refractivity contribution is -0.116. The van der Waals surface area contributed by atoms with E-state index in [1.807, 2.05) is 19.2 Å². The first kappa shape index (κ1) is 12.9. The van der Waals surface area contributed by atoms with E-state index >= 15 is 0 Å². The number of carbonyl (C=O) groups excluding carboxylic acids is 1. The van der Waals surface area contributed by atoms with E-state index in [-0.39, 0.29) is 5.91 Å². The fourth-order valence-corrected chi connectivity index (χ4v) is 3.23. The minimum atomic E-state index is -0.569. The molecule has 1 aromatic carbocycles. The molecule has 2 aliphatic heterocycles. The molecule has 19 heavy (non-hydrogen) atoms. The van der Waals surface area contributed by atoms with Crippen LogP contribution in [0.4, 0.5) is 11.4 Å². The van der Waals surface area contributed by atoms with Crippen molar-refractivity contribution in [1.29, 1.82) is 0 Å². The Morgan fingerprint density at radius 3 is 3.00 bits per heavy atom. The second-order valence-corrected chi connectivity index (χ2v) is 5.84. The molecule has 0 bridgehead atoms. The van der Waals surface area contributed by atoms with Crippen LogP contribution in [0.15, 0.2) is 16.6 Å². The van der Waals surface area contributed by atoms with E-state index in [0.717, 1.165) is 41.0 Å². The number of benzene rings is 1. The average molecular weight is 326 g/mol. The first-order chi connectivity index (χ1) is 9.08. The van der Waals surface area contributed by atoms with E-state index in [1.54, 1.807) is 0 Å². The Bertz CT molecular complexity index is 529. The van der Waals surface area contributed by atoms with Gasteiger partial charge in [-0.1, -0.05) is 0 Å². The molecule has 0 spiro atoms. The zero-order valence-corrected chi connectivity index (χ0v) is 12.2. The van der Waals surface area contributed by atoms with Crippen LogP contribution < -0.4 is 16.0 Å². The van der Waals surface area contributed by atoms with Crippen LogP contribution >= 0.6 is 15.9 Å². The molecule has 5 nitrogen and oxygen atoms in total. The third-order valence-corrected chi connectivity index (χ3v) is 4.46. The molecule has 0 radical (unpaired) electrons. The van der Waals surface area contributed by atoms with Crippen molar-refractivity contribution in [3.8, 4) is 0 Å². The number of anilines is 2. The number of nitrogens with two attached hydrogens (primary N) is 1. The second kappa shape index (κ2) is 4.77. The van der Waals surface area contributed by atoms with Gasteiger partial charge in [0.2, 0.25) is 5.91 Å². The number of hydrogen-bond donors (Lipinski definition) is 2. The number of ether oxygens (including phenoxy) is 1. The first-order valence-corrected chi connectivity index (χ1v) is 7.07. The second-order valence-electron chi connectivity index (χ2n) is 4.99. The van der Waals surface area contributed by atoms with Crippen molar-refractivity contribution >= 4 is 33.2 Å². The molecule has 2 heterocycles. The highest BCUT2D eigenvalue weighted by atomic mass is 79.9. The van der Waals surface area contributed by atoms with Gasteiger partial charge in [0.15, 0.2) is 0 Å². The van der Waals surface area contributed by atoms with Gasteiger partial charge in [-0.15, -0.1) is 0 Å². The van der Waals surface area contributed by atoms with E-state index in [1.165, 1.54) is 0 Å². The average Bonchev–Trinajstić information content (AvgIpc) is 3.00. The predicted octanol–water partition coefficient (Wildman–Crippen LogP) is 1.63. The highest BCUT2D eigenvalue weighted by Gasteiger charge is 2.30. The van der Waals surface area contributed by atoms with Gasteiger partial charge in [0.1, 0.15) is 6.04 Å². The molecule has 2 aliphatic rings. The smallest absolute Gasteiger partial charge is 0.245 e. The number of hydrogen-bond acceptors (Lipinski definition) is 4. The van der Waals surface area contributed by atoms with Crippen molar-refractivity contribution in [3.05, 3.63) is 22.2 Å². The first-order valence-electron chi connectivity index (χ1n) is 6.28. The summed E-state index contributed by atoms with van der Waals surface area (Å²) in [6, 6.07) is 3.71. The number of carbonyl (C=O) groups is 1. The van der Waals surface area contributed by atoms with E-state index < -0.39 is 6.04 Å². The maximum Gasteiger partial charge on any atom is 0.245 e. The molecule has 3 rings (SSSR count). The predicted molar refractivity (Wildman–Crippen MR) is 77.3 cm³/mol. The van der Waals surface area contributed by atoms with Crippen molar-refractivity contribution in [2.24, 2.45) is 5.73 Å². The highest BCUT2D eigenvalue weighted by Crippen LogP contribution is 2.38. The molecule has 2 atom stereocenters. The molecular formula is C13H16BrN3O2. The van der Waals surface area contributed by atoms with Crippen LogP contribution in [0.5, 0.6) is 0 Å². The molecule has 1 amide bonds. The van der Waals surface area contributed by atoms with E-state index in [2.05, 4.69) is 26.1 Å². The Morgan fingerprint density at radius 1 is 1.53 bits per heavy atom. The van der Waals surface area contributed by atoms with Crippen LogP contribution in [0.2, 0.25) is 0 Å². The van der Waals surface area contributed by atoms with Gasteiger partial charge in [-0.2, -0.15) is 0 Å². The Kier molecular flexibility index (Phi) is 3.24. The Balaban J connectivity index is 1.95. The van der Waals surface area contributed by atoms with Gasteiger partial charge < -0.3 is 20.7 Å². The molecular weight excluding hydrogens is 310 g/mol. The van der Waals surface area contributed by atoms with Crippen molar-refractivity contribution in [2.75, 3.05) is 30.5 Å². The number of halogens is 1. The zero-order chi connectivity index (χ0) is 13.6. The van der Waals surface area contributed by atoms with Crippen molar-refractivity contribution < 1.29 is 9.53 Å². The van der Waals surface area contributed by atoms with Crippen molar-refractivity contribution in [3.63, 3.8) is 0 Å². The van der Waals surface area contributed by atoms with Crippen LogP contribution in [-0.2, 0) is 9.53 Å². The lowest BCUT2D eigenvalue weighted by atomic mass is 10.1. The zero-order valence-electron chi connectivity index (χ0n) is 10.6. The lowest BCUT2D eigenvalue weighted by Gasteiger charge is -2.27. The molecule has 2 unspecified atom stereocenters. The van der Waals surface area contributed by atoms with Crippen LogP contribution in [0.1, 0.15) is 18.0 Å². The molecule has 0 aromatic heterocycles. The molecule has 1 aromatic rings. The maximum absolute atomic E-state index is 11.6. The van der Waals surface area contributed by atoms with E-state index in [4.69, 9.17) is 10.5 Å². The minimum Gasteiger partial charge on any atom is -0.379 e. The van der Waals surface area contributed by atoms with Gasteiger partial charge >= 0.3 is 0 Å². The van der Waals surface area contributed by atoms with Crippen molar-refractivity contribution in [2.45, 2.75) is 18.5 Å². The number of amides is 1. The molecule has 1 fully saturated rings. The standard InChI is InChI=1S/C13H16BrN3O2/c1-17(7-2-3-19-6-7)11-5-10-8(4-9(11)14)12(15)13(18)16-10/h4-5,7,12H,2-3,6,15H2,1H3,(H,16,18). The summed E-state index contributed by atoms with van der Waals surface area (Å²) in [5.74, 6) is -0.147. The monoisotopic (exact) mass is 325 g/mol. The molecule has 102 valence electrons. The minimum absolute atomic E-state index is 0.147. The third kappa shape index (κ3) is 2.13. The summed E-state index contributed by atoms with van der Waals surface area (Å²) in [5.41, 5.74) is 8.54. The van der Waals surface area contributed by atoms with Crippen LogP contribution in [0, 0.1) is 0 Å². The molecule has 1 saturated heterocycles. The molecule has 0 saturated carbocycles. The van der Waals surface area contributed by atoms with Crippen LogP contribution in [-0.4, -0.2) is 32.2 Å². The number of nitrogens with one attached hydrogen (secondary N) is 1. The maximum atomic E-state index is 11.6. The summed E-state index contributed by atoms with van der Waals surface area (Å²) in [4.78, 5) is 13.8. The summed E-state index contributed by atoms with van der Waals surface area (Å²) in [7, 11) is 2.04. The van der Waals surface area contributed by atoms with Gasteiger partial charge in [0.05, 0.1) is 18.3 Å². The molecule has 0 aliphatic carbocycles. The fraction of sp³-hybridized carbons (Fsp3) is 0.462. The number of nitrogens with zero attached hydrogens (tertiary/aromatic N) is 1. The quantitative estimate of drug-likeness (QED) is 0.867. The lowest BCUT2D eigenvalue weighted by Crippen LogP contribution is -2.32. The van der Waals surface area contributed by atoms with Gasteiger partial charge in [0, 0.05) is 29.4 Å². The van der Waals surface area contributed by atoms with Crippen LogP contribution in [0.3, 0.4) is 0 Å². The third-order valence-electron chi connectivity index (χ3n) is 3.83. The Morgan fingerprint density at radius 2 is 2.32 bits per heavy atom. The Labute approximate surface area is 120 Å². The van der Waals surface area contributed by atoms with Gasteiger partial charge in [-0.3, -0.25) is 4.79 Å². The number of likely N-dealkylation sites (N-methyl/N-ethyl adjacent to an activating group) is 1.